The van der Waals surface area contributed by atoms with Gasteiger partial charge in [-0.15, -0.1) is 0 Å². The topological polar surface area (TPSA) is 74.8 Å². The van der Waals surface area contributed by atoms with Crippen LogP contribution in [0.15, 0.2) is 37.4 Å². The average molecular weight is 832 g/mol. The lowest BCUT2D eigenvalue weighted by atomic mass is 10.0. The van der Waals surface area contributed by atoms with Crippen LogP contribution in [0, 0.1) is 5.92 Å². The molecule has 0 aliphatic heterocycles. The van der Waals surface area contributed by atoms with E-state index in [1.165, 1.54) is 180 Å². The summed E-state index contributed by atoms with van der Waals surface area (Å²) in [6, 6.07) is 0. The van der Waals surface area contributed by atoms with E-state index in [1.54, 1.807) is 0 Å². The number of unbranched alkanes of at least 4 members (excludes halogenated alkanes) is 23. The highest BCUT2D eigenvalue weighted by molar-refractivity contribution is 7.86. The van der Waals surface area contributed by atoms with E-state index in [4.69, 9.17) is 0 Å². The van der Waals surface area contributed by atoms with Crippen LogP contribution < -0.4 is 21.5 Å². The molecule has 2 aromatic rings. The second-order valence-corrected chi connectivity index (χ2v) is 17.1. The summed E-state index contributed by atoms with van der Waals surface area (Å²) in [5, 5.41) is -5.48. The molecule has 0 saturated heterocycles. The van der Waals surface area contributed by atoms with E-state index in [0.717, 1.165) is 5.92 Å². The zero-order valence-electron chi connectivity index (χ0n) is 35.2. The van der Waals surface area contributed by atoms with Gasteiger partial charge in [-0.05, 0) is 31.6 Å². The zero-order chi connectivity index (χ0) is 40.5. The summed E-state index contributed by atoms with van der Waals surface area (Å²) in [6.45, 7) is 9.31. The Balaban J connectivity index is 0. The number of imidazole rings is 2. The van der Waals surface area contributed by atoms with E-state index in [0.29, 0.717) is 0 Å². The van der Waals surface area contributed by atoms with Gasteiger partial charge in [0.1, 0.15) is 24.8 Å². The van der Waals surface area contributed by atoms with Gasteiger partial charge in [0.25, 0.3) is 0 Å². The van der Waals surface area contributed by atoms with E-state index < -0.39 is 21.8 Å². The van der Waals surface area contributed by atoms with Gasteiger partial charge in [-0.3, -0.25) is 0 Å². The van der Waals surface area contributed by atoms with Crippen LogP contribution in [0.5, 0.6) is 0 Å². The summed E-state index contributed by atoms with van der Waals surface area (Å²) in [5.74, 6) is 0.889. The third kappa shape index (κ3) is 33.1. The third-order valence-electron chi connectivity index (χ3n) is 9.70. The standard InChI is InChI=1S/2C20H39N2.C2H2F4O3S.ClH/c1-20(2)15-13-11-9-7-5-4-6-8-10-12-14-16-22-18-17-21(3)19-22;1-3-4-5-6-7-8-9-10-11-12-13-14-15-16-17-22-19-18-21(2)20-22;3-1(4)2(5,6)10(7,8)9;/h17-20H,4-16H2,1-3H3;18-20H,3-17H2,1-2H3;1H,(H,7,8,9);1H/q2*+1;;/p-2. The first-order valence-electron chi connectivity index (χ1n) is 21.3. The molecule has 0 spiro atoms. The van der Waals surface area contributed by atoms with Gasteiger partial charge in [0, 0.05) is 0 Å². The van der Waals surface area contributed by atoms with E-state index in [-0.39, 0.29) is 12.4 Å². The molecule has 0 aliphatic rings. The Kier molecular flexibility index (Phi) is 35.8. The Morgan fingerprint density at radius 1 is 0.582 bits per heavy atom. The highest BCUT2D eigenvalue weighted by Crippen LogP contribution is 2.27. The minimum absolute atomic E-state index is 0. The molecule has 0 fully saturated rings. The first kappa shape index (κ1) is 55.4. The molecule has 0 amide bonds. The number of alkyl halides is 4. The second kappa shape index (κ2) is 35.5. The van der Waals surface area contributed by atoms with Crippen molar-refractivity contribution in [2.75, 3.05) is 0 Å². The highest BCUT2D eigenvalue weighted by Gasteiger charge is 2.48. The third-order valence-corrected chi connectivity index (χ3v) is 10.5. The molecule has 0 aliphatic carbocycles. The lowest BCUT2D eigenvalue weighted by Gasteiger charge is -2.17. The number of hydrogen-bond donors (Lipinski definition) is 0. The molecule has 55 heavy (non-hydrogen) atoms. The summed E-state index contributed by atoms with van der Waals surface area (Å²) in [5.41, 5.74) is 0. The van der Waals surface area contributed by atoms with Crippen molar-refractivity contribution < 1.29 is 52.1 Å². The molecule has 0 N–H and O–H groups in total. The maximum Gasteiger partial charge on any atom is 0.393 e. The highest BCUT2D eigenvalue weighted by atomic mass is 35.5. The fourth-order valence-corrected chi connectivity index (χ4v) is 6.52. The van der Waals surface area contributed by atoms with Gasteiger partial charge >= 0.3 is 11.7 Å². The van der Waals surface area contributed by atoms with Crippen molar-refractivity contribution in [3.63, 3.8) is 0 Å². The molecule has 0 aromatic carbocycles. The van der Waals surface area contributed by atoms with Crippen molar-refractivity contribution in [2.45, 2.75) is 212 Å². The molecule has 0 unspecified atom stereocenters. The Morgan fingerprint density at radius 3 is 1.09 bits per heavy atom. The predicted molar refractivity (Wildman–Crippen MR) is 212 cm³/mol. The molecule has 0 atom stereocenters. The fraction of sp³-hybridized carbons (Fsp3) is 0.857. The van der Waals surface area contributed by atoms with E-state index >= 15 is 0 Å². The molecular weight excluding hydrogens is 752 g/mol. The van der Waals surface area contributed by atoms with Crippen molar-refractivity contribution in [2.24, 2.45) is 20.0 Å². The van der Waals surface area contributed by atoms with Gasteiger partial charge in [0.05, 0.1) is 27.2 Å². The predicted octanol–water partition coefficient (Wildman–Crippen LogP) is 8.84. The molecule has 0 radical (unpaired) electrons. The van der Waals surface area contributed by atoms with E-state index in [1.807, 2.05) is 0 Å². The average Bonchev–Trinajstić information content (AvgIpc) is 3.73. The summed E-state index contributed by atoms with van der Waals surface area (Å²) in [7, 11) is -2.07. The number of nitrogens with zero attached hydrogens (tertiary/aromatic N) is 4. The Hall–Kier alpha value is -1.66. The van der Waals surface area contributed by atoms with Crippen LogP contribution in [0.4, 0.5) is 17.6 Å². The van der Waals surface area contributed by atoms with Crippen molar-refractivity contribution in [3.8, 4) is 0 Å². The van der Waals surface area contributed by atoms with Gasteiger partial charge < -0.3 is 17.0 Å². The first-order valence-corrected chi connectivity index (χ1v) is 22.7. The molecule has 2 rings (SSSR count). The maximum absolute atomic E-state index is 11.4. The van der Waals surface area contributed by atoms with Gasteiger partial charge in [0.15, 0.2) is 10.1 Å². The lowest BCUT2D eigenvalue weighted by Crippen LogP contribution is -3.00. The minimum atomic E-state index is -6.23. The van der Waals surface area contributed by atoms with Crippen LogP contribution in [0.25, 0.3) is 0 Å². The van der Waals surface area contributed by atoms with E-state index in [9.17, 15) is 30.5 Å². The number of hydrogen-bond acceptors (Lipinski definition) is 3. The second-order valence-electron chi connectivity index (χ2n) is 15.6. The maximum atomic E-state index is 11.4. The van der Waals surface area contributed by atoms with Crippen LogP contribution in [0.1, 0.15) is 188 Å². The normalized spacial score (nSPS) is 11.6. The number of aromatic nitrogens is 4. The summed E-state index contributed by atoms with van der Waals surface area (Å²) < 4.78 is 81.5. The molecule has 7 nitrogen and oxygen atoms in total. The largest absolute Gasteiger partial charge is 1.00 e. The summed E-state index contributed by atoms with van der Waals surface area (Å²) >= 11 is 0. The number of aryl methyl sites for hydroxylation is 4. The fourth-order valence-electron chi connectivity index (χ4n) is 6.30. The molecule has 326 valence electrons. The Labute approximate surface area is 340 Å². The van der Waals surface area contributed by atoms with Gasteiger partial charge in [-0.25, -0.2) is 35.5 Å². The molecule has 0 bridgehead atoms. The van der Waals surface area contributed by atoms with Crippen molar-refractivity contribution in [3.05, 3.63) is 37.4 Å². The zero-order valence-corrected chi connectivity index (χ0v) is 36.8. The summed E-state index contributed by atoms with van der Waals surface area (Å²) in [4.78, 5) is 0. The number of halogens is 5. The smallest absolute Gasteiger partial charge is 0.393 e. The number of rotatable bonds is 31. The van der Waals surface area contributed by atoms with Crippen molar-refractivity contribution >= 4 is 10.1 Å². The van der Waals surface area contributed by atoms with Crippen LogP contribution in [-0.4, -0.2) is 33.8 Å². The molecule has 0 saturated carbocycles. The Bertz CT molecular complexity index is 1230. The Morgan fingerprint density at radius 2 is 0.873 bits per heavy atom. The first-order chi connectivity index (χ1) is 25.7. The lowest BCUT2D eigenvalue weighted by molar-refractivity contribution is -0.671. The van der Waals surface area contributed by atoms with Crippen molar-refractivity contribution in [1.82, 2.24) is 9.13 Å². The SMILES string of the molecule is CC(C)CCCCCCCCCCCCCn1cc[n+](C)c1.CCCCCCCCCCCCCCCCn1cc[n+](C)c1.O=S(=O)([O-])C(F)(F)C(F)F.[Cl-]. The van der Waals surface area contributed by atoms with Gasteiger partial charge in [-0.1, -0.05) is 162 Å². The van der Waals surface area contributed by atoms with Crippen LogP contribution in [0.2, 0.25) is 0 Å². The quantitative estimate of drug-likeness (QED) is 0.0330. The minimum Gasteiger partial charge on any atom is -1.00 e. The molecule has 13 heteroatoms. The van der Waals surface area contributed by atoms with Crippen molar-refractivity contribution in [1.29, 1.82) is 0 Å². The summed E-state index contributed by atoms with van der Waals surface area (Å²) in [6.07, 6.45) is 45.7. The molecule has 2 heterocycles. The molecule has 2 aromatic heterocycles. The van der Waals surface area contributed by atoms with Gasteiger partial charge in [0.2, 0.25) is 12.7 Å². The van der Waals surface area contributed by atoms with Crippen LogP contribution >= 0.6 is 0 Å². The monoisotopic (exact) mass is 831 g/mol. The van der Waals surface area contributed by atoms with E-state index in [2.05, 4.69) is 90.6 Å². The van der Waals surface area contributed by atoms with Crippen LogP contribution in [0.3, 0.4) is 0 Å². The van der Waals surface area contributed by atoms with Gasteiger partial charge in [-0.2, -0.15) is 8.78 Å². The molecular formula is C42H79ClF4N4O3S. The van der Waals surface area contributed by atoms with Crippen LogP contribution in [-0.2, 0) is 37.3 Å².